The van der Waals surface area contributed by atoms with Crippen molar-refractivity contribution >= 4 is 11.9 Å². The molecule has 1 aromatic rings. The van der Waals surface area contributed by atoms with Crippen molar-refractivity contribution in [2.24, 2.45) is 5.92 Å². The Morgan fingerprint density at radius 2 is 2.10 bits per heavy atom. The number of aromatic nitrogens is 2. The third kappa shape index (κ3) is 3.59. The monoisotopic (exact) mass is 279 g/mol. The molecule has 0 bridgehead atoms. The van der Waals surface area contributed by atoms with E-state index in [1.165, 1.54) is 0 Å². The number of hydrogen-bond acceptors (Lipinski definition) is 3. The van der Waals surface area contributed by atoms with Crippen molar-refractivity contribution in [3.8, 4) is 0 Å². The molecule has 1 amide bonds. The Morgan fingerprint density at radius 3 is 2.70 bits per heavy atom. The fourth-order valence-electron chi connectivity index (χ4n) is 2.60. The van der Waals surface area contributed by atoms with Gasteiger partial charge in [0.15, 0.2) is 0 Å². The second kappa shape index (κ2) is 6.54. The minimum Gasteiger partial charge on any atom is -0.481 e. The smallest absolute Gasteiger partial charge is 0.303 e. The number of likely N-dealkylation sites (tertiary alicyclic amines) is 1. The van der Waals surface area contributed by atoms with E-state index in [9.17, 15) is 9.59 Å². The molecule has 20 heavy (non-hydrogen) atoms. The molecular weight excluding hydrogens is 258 g/mol. The lowest BCUT2D eigenvalue weighted by molar-refractivity contribution is -0.138. The van der Waals surface area contributed by atoms with Crippen molar-refractivity contribution in [3.05, 3.63) is 18.0 Å². The lowest BCUT2D eigenvalue weighted by atomic mass is 9.93. The van der Waals surface area contributed by atoms with Gasteiger partial charge in [-0.2, -0.15) is 5.10 Å². The van der Waals surface area contributed by atoms with Gasteiger partial charge >= 0.3 is 5.97 Å². The minimum absolute atomic E-state index is 0.00104. The van der Waals surface area contributed by atoms with Gasteiger partial charge in [0.25, 0.3) is 5.91 Å². The van der Waals surface area contributed by atoms with E-state index in [4.69, 9.17) is 5.11 Å². The molecular formula is C14H21N3O3. The summed E-state index contributed by atoms with van der Waals surface area (Å²) in [7, 11) is 0. The van der Waals surface area contributed by atoms with Gasteiger partial charge in [-0.25, -0.2) is 0 Å². The highest BCUT2D eigenvalue weighted by molar-refractivity contribution is 5.93. The van der Waals surface area contributed by atoms with E-state index in [2.05, 4.69) is 12.0 Å². The van der Waals surface area contributed by atoms with Crippen LogP contribution in [0.15, 0.2) is 12.4 Å². The molecule has 1 saturated heterocycles. The molecule has 2 rings (SSSR count). The summed E-state index contributed by atoms with van der Waals surface area (Å²) in [5, 5.41) is 12.9. The van der Waals surface area contributed by atoms with Crippen molar-refractivity contribution in [3.63, 3.8) is 0 Å². The van der Waals surface area contributed by atoms with Crippen LogP contribution in [0.2, 0.25) is 0 Å². The number of rotatable bonds is 5. The third-order valence-corrected chi connectivity index (χ3v) is 3.70. The maximum atomic E-state index is 12.3. The zero-order valence-electron chi connectivity index (χ0n) is 11.8. The van der Waals surface area contributed by atoms with Gasteiger partial charge < -0.3 is 10.0 Å². The number of carboxylic acid groups (broad SMARTS) is 1. The fourth-order valence-corrected chi connectivity index (χ4v) is 2.60. The first-order valence-corrected chi connectivity index (χ1v) is 7.13. The third-order valence-electron chi connectivity index (χ3n) is 3.70. The van der Waals surface area contributed by atoms with E-state index in [1.54, 1.807) is 22.0 Å². The topological polar surface area (TPSA) is 75.4 Å². The van der Waals surface area contributed by atoms with Crippen LogP contribution in [0.3, 0.4) is 0 Å². The molecule has 6 nitrogen and oxygen atoms in total. The lowest BCUT2D eigenvalue weighted by Crippen LogP contribution is -2.38. The molecule has 0 radical (unpaired) electrons. The fraction of sp³-hybridized carbons (Fsp3) is 0.643. The highest BCUT2D eigenvalue weighted by Gasteiger charge is 2.25. The lowest BCUT2D eigenvalue weighted by Gasteiger charge is -2.31. The minimum atomic E-state index is -0.754. The van der Waals surface area contributed by atoms with Crippen LogP contribution in [0.5, 0.6) is 0 Å². The number of carbonyl (C=O) groups excluding carboxylic acids is 1. The summed E-state index contributed by atoms with van der Waals surface area (Å²) in [6, 6.07) is 0. The summed E-state index contributed by atoms with van der Waals surface area (Å²) in [6.45, 7) is 4.15. The van der Waals surface area contributed by atoms with Gasteiger partial charge in [-0.1, -0.05) is 6.92 Å². The maximum absolute atomic E-state index is 12.3. The van der Waals surface area contributed by atoms with Crippen LogP contribution in [-0.2, 0) is 11.3 Å². The zero-order valence-corrected chi connectivity index (χ0v) is 11.8. The average molecular weight is 279 g/mol. The Hall–Kier alpha value is -1.85. The predicted molar refractivity (Wildman–Crippen MR) is 73.4 cm³/mol. The van der Waals surface area contributed by atoms with E-state index < -0.39 is 5.97 Å². The molecule has 1 N–H and O–H groups in total. The summed E-state index contributed by atoms with van der Waals surface area (Å²) < 4.78 is 1.78. The normalized spacial score (nSPS) is 16.4. The number of hydrogen-bond donors (Lipinski definition) is 1. The van der Waals surface area contributed by atoms with Crippen LogP contribution in [-0.4, -0.2) is 44.8 Å². The van der Waals surface area contributed by atoms with Gasteiger partial charge in [-0.3, -0.25) is 14.3 Å². The summed E-state index contributed by atoms with van der Waals surface area (Å²) in [5.41, 5.74) is 0.620. The van der Waals surface area contributed by atoms with Crippen LogP contribution in [0.4, 0.5) is 0 Å². The molecule has 1 aliphatic heterocycles. The Morgan fingerprint density at radius 1 is 1.40 bits per heavy atom. The quantitative estimate of drug-likeness (QED) is 0.888. The van der Waals surface area contributed by atoms with Gasteiger partial charge in [0.1, 0.15) is 0 Å². The summed E-state index contributed by atoms with van der Waals surface area (Å²) in [4.78, 5) is 24.8. The van der Waals surface area contributed by atoms with Crippen LogP contribution in [0.1, 0.15) is 43.0 Å². The molecule has 0 atom stereocenters. The van der Waals surface area contributed by atoms with Gasteiger partial charge in [0, 0.05) is 32.3 Å². The number of amides is 1. The van der Waals surface area contributed by atoms with E-state index in [1.807, 2.05) is 0 Å². The van der Waals surface area contributed by atoms with Crippen molar-refractivity contribution in [2.45, 2.75) is 39.2 Å². The van der Waals surface area contributed by atoms with Crippen molar-refractivity contribution in [1.82, 2.24) is 14.7 Å². The summed E-state index contributed by atoms with van der Waals surface area (Å²) >= 11 is 0. The highest BCUT2D eigenvalue weighted by Crippen LogP contribution is 2.21. The van der Waals surface area contributed by atoms with Crippen molar-refractivity contribution in [2.75, 3.05) is 13.1 Å². The molecule has 1 fully saturated rings. The zero-order chi connectivity index (χ0) is 14.5. The first-order valence-electron chi connectivity index (χ1n) is 7.13. The van der Waals surface area contributed by atoms with Gasteiger partial charge in [-0.05, 0) is 25.2 Å². The summed E-state index contributed by atoms with van der Waals surface area (Å²) in [5.74, 6) is -0.559. The number of aliphatic carboxylic acids is 1. The Balaban J connectivity index is 1.89. The van der Waals surface area contributed by atoms with E-state index in [-0.39, 0.29) is 18.2 Å². The molecule has 0 aliphatic carbocycles. The van der Waals surface area contributed by atoms with Crippen LogP contribution >= 0.6 is 0 Å². The molecule has 6 heteroatoms. The van der Waals surface area contributed by atoms with E-state index in [0.717, 1.165) is 25.8 Å². The molecule has 110 valence electrons. The molecule has 2 heterocycles. The standard InChI is InChI=1S/C14H21N3O3/c1-2-5-17-10-12(9-15-17)14(20)16-6-3-11(4-7-16)8-13(18)19/h9-11H,2-8H2,1H3,(H,18,19). The van der Waals surface area contributed by atoms with Gasteiger partial charge in [-0.15, -0.1) is 0 Å². The highest BCUT2D eigenvalue weighted by atomic mass is 16.4. The molecule has 0 spiro atoms. The molecule has 0 aromatic carbocycles. The predicted octanol–water partition coefficient (Wildman–Crippen LogP) is 1.62. The van der Waals surface area contributed by atoms with Crippen LogP contribution in [0, 0.1) is 5.92 Å². The maximum Gasteiger partial charge on any atom is 0.303 e. The summed E-state index contributed by atoms with van der Waals surface area (Å²) in [6.07, 6.45) is 6.12. The van der Waals surface area contributed by atoms with Gasteiger partial charge in [0.2, 0.25) is 0 Å². The number of carbonyl (C=O) groups is 2. The van der Waals surface area contributed by atoms with Crippen molar-refractivity contribution in [1.29, 1.82) is 0 Å². The van der Waals surface area contributed by atoms with Crippen molar-refractivity contribution < 1.29 is 14.7 Å². The average Bonchev–Trinajstić information content (AvgIpc) is 2.87. The van der Waals surface area contributed by atoms with Crippen LogP contribution in [0.25, 0.3) is 0 Å². The molecule has 1 aliphatic rings. The molecule has 0 saturated carbocycles. The van der Waals surface area contributed by atoms with Crippen LogP contribution < -0.4 is 0 Å². The second-order valence-electron chi connectivity index (χ2n) is 5.33. The number of piperidine rings is 1. The largest absolute Gasteiger partial charge is 0.481 e. The van der Waals surface area contributed by atoms with Gasteiger partial charge in [0.05, 0.1) is 11.8 Å². The molecule has 1 aromatic heterocycles. The molecule has 0 unspecified atom stereocenters. The number of nitrogens with zero attached hydrogens (tertiary/aromatic N) is 3. The SMILES string of the molecule is CCCn1cc(C(=O)N2CCC(CC(=O)O)CC2)cn1. The Kier molecular flexibility index (Phi) is 4.76. The van der Waals surface area contributed by atoms with E-state index in [0.29, 0.717) is 18.7 Å². The Labute approximate surface area is 118 Å². The first kappa shape index (κ1) is 14.6. The number of aryl methyl sites for hydroxylation is 1. The first-order chi connectivity index (χ1) is 9.60. The van der Waals surface area contributed by atoms with E-state index >= 15 is 0 Å². The number of carboxylic acids is 1. The Bertz CT molecular complexity index is 476. The second-order valence-corrected chi connectivity index (χ2v) is 5.33.